The number of aldehydes is 1. The maximum atomic E-state index is 13.2. The Morgan fingerprint density at radius 3 is 2.80 bits per heavy atom. The zero-order valence-electron chi connectivity index (χ0n) is 9.00. The lowest BCUT2D eigenvalue weighted by atomic mass is 10.2. The molecule has 1 aromatic rings. The highest BCUT2D eigenvalue weighted by atomic mass is 32.2. The maximum Gasteiger partial charge on any atom is 0.154 e. The van der Waals surface area contributed by atoms with Crippen molar-refractivity contribution < 1.29 is 9.18 Å². The molecule has 0 N–H and O–H groups in total. The number of carbonyl (C=O) groups excluding carboxylic acids is 1. The molecular formula is C12H15FOS. The van der Waals surface area contributed by atoms with Crippen molar-refractivity contribution in [3.63, 3.8) is 0 Å². The van der Waals surface area contributed by atoms with Crippen LogP contribution in [0, 0.1) is 11.7 Å². The van der Waals surface area contributed by atoms with Gasteiger partial charge in [-0.25, -0.2) is 4.39 Å². The third kappa shape index (κ3) is 3.67. The fourth-order valence-corrected chi connectivity index (χ4v) is 2.45. The summed E-state index contributed by atoms with van der Waals surface area (Å²) in [5.41, 5.74) is 0.186. The first-order chi connectivity index (χ1) is 7.15. The summed E-state index contributed by atoms with van der Waals surface area (Å²) in [5, 5.41) is 0. The summed E-state index contributed by atoms with van der Waals surface area (Å²) in [4.78, 5) is 11.4. The summed E-state index contributed by atoms with van der Waals surface area (Å²) >= 11 is 1.54. The highest BCUT2D eigenvalue weighted by Crippen LogP contribution is 2.25. The molecule has 0 atom stereocenters. The molecule has 0 aliphatic rings. The van der Waals surface area contributed by atoms with Crippen LogP contribution in [0.15, 0.2) is 23.1 Å². The van der Waals surface area contributed by atoms with Gasteiger partial charge in [-0.05, 0) is 30.2 Å². The predicted molar refractivity (Wildman–Crippen MR) is 62.0 cm³/mol. The van der Waals surface area contributed by atoms with Crippen LogP contribution in [-0.2, 0) is 0 Å². The van der Waals surface area contributed by atoms with Crippen LogP contribution in [-0.4, -0.2) is 12.0 Å². The minimum atomic E-state index is -0.431. The Kier molecular flexibility index (Phi) is 4.82. The van der Waals surface area contributed by atoms with Gasteiger partial charge in [0.25, 0.3) is 0 Å². The first kappa shape index (κ1) is 12.2. The highest BCUT2D eigenvalue weighted by molar-refractivity contribution is 7.99. The van der Waals surface area contributed by atoms with E-state index in [-0.39, 0.29) is 5.56 Å². The second-order valence-corrected chi connectivity index (χ2v) is 4.94. The van der Waals surface area contributed by atoms with Gasteiger partial charge in [0.05, 0.1) is 5.56 Å². The van der Waals surface area contributed by atoms with Gasteiger partial charge in [0, 0.05) is 4.90 Å². The van der Waals surface area contributed by atoms with Crippen molar-refractivity contribution in [1.82, 2.24) is 0 Å². The normalized spacial score (nSPS) is 10.7. The number of rotatable bonds is 5. The molecule has 0 saturated heterocycles. The summed E-state index contributed by atoms with van der Waals surface area (Å²) in [5.74, 6) is 1.12. The Morgan fingerprint density at radius 1 is 1.47 bits per heavy atom. The molecule has 0 amide bonds. The number of halogens is 1. The molecule has 15 heavy (non-hydrogen) atoms. The molecule has 82 valence electrons. The van der Waals surface area contributed by atoms with Gasteiger partial charge in [-0.15, -0.1) is 11.8 Å². The number of benzene rings is 1. The van der Waals surface area contributed by atoms with E-state index >= 15 is 0 Å². The van der Waals surface area contributed by atoms with Crippen LogP contribution in [0.2, 0.25) is 0 Å². The zero-order chi connectivity index (χ0) is 11.3. The lowest BCUT2D eigenvalue weighted by Gasteiger charge is -2.06. The van der Waals surface area contributed by atoms with Gasteiger partial charge in [0.2, 0.25) is 0 Å². The molecule has 0 aromatic heterocycles. The predicted octanol–water partition coefficient (Wildman–Crippen LogP) is 3.78. The van der Waals surface area contributed by atoms with E-state index < -0.39 is 5.82 Å². The van der Waals surface area contributed by atoms with Crippen molar-refractivity contribution in [3.05, 3.63) is 29.6 Å². The van der Waals surface area contributed by atoms with Crippen molar-refractivity contribution in [2.45, 2.75) is 25.2 Å². The molecule has 1 rings (SSSR count). The summed E-state index contributed by atoms with van der Waals surface area (Å²) in [7, 11) is 0. The molecule has 0 fully saturated rings. The van der Waals surface area contributed by atoms with E-state index in [0.29, 0.717) is 12.2 Å². The molecular weight excluding hydrogens is 211 g/mol. The van der Waals surface area contributed by atoms with E-state index in [1.165, 1.54) is 6.07 Å². The number of carbonyl (C=O) groups is 1. The van der Waals surface area contributed by atoms with Gasteiger partial charge in [-0.3, -0.25) is 4.79 Å². The Balaban J connectivity index is 2.68. The Morgan fingerprint density at radius 2 is 2.20 bits per heavy atom. The minimum absolute atomic E-state index is 0.186. The van der Waals surface area contributed by atoms with Crippen LogP contribution in [0.5, 0.6) is 0 Å². The molecule has 3 heteroatoms. The smallest absolute Gasteiger partial charge is 0.154 e. The van der Waals surface area contributed by atoms with Crippen LogP contribution >= 0.6 is 11.8 Å². The second-order valence-electron chi connectivity index (χ2n) is 3.80. The van der Waals surface area contributed by atoms with Gasteiger partial charge in [-0.2, -0.15) is 0 Å². The Hall–Kier alpha value is -0.830. The van der Waals surface area contributed by atoms with Crippen molar-refractivity contribution in [1.29, 1.82) is 0 Å². The molecule has 0 heterocycles. The van der Waals surface area contributed by atoms with Crippen LogP contribution < -0.4 is 0 Å². The number of hydrogen-bond acceptors (Lipinski definition) is 2. The highest BCUT2D eigenvalue weighted by Gasteiger charge is 2.07. The van der Waals surface area contributed by atoms with Crippen molar-refractivity contribution in [2.24, 2.45) is 5.92 Å². The number of hydrogen-bond donors (Lipinski definition) is 0. The topological polar surface area (TPSA) is 17.1 Å². The Bertz CT molecular complexity index is 336. The quantitative estimate of drug-likeness (QED) is 0.561. The summed E-state index contributed by atoms with van der Waals surface area (Å²) in [6.07, 6.45) is 1.66. The van der Waals surface area contributed by atoms with Crippen molar-refractivity contribution in [3.8, 4) is 0 Å². The van der Waals surface area contributed by atoms with E-state index in [1.807, 2.05) is 0 Å². The number of thioether (sulfide) groups is 1. The zero-order valence-corrected chi connectivity index (χ0v) is 9.81. The SMILES string of the molecule is CC(C)CCSc1cccc(F)c1C=O. The van der Waals surface area contributed by atoms with Crippen molar-refractivity contribution >= 4 is 18.0 Å². The maximum absolute atomic E-state index is 13.2. The van der Waals surface area contributed by atoms with Crippen LogP contribution in [0.4, 0.5) is 4.39 Å². The molecule has 0 saturated carbocycles. The molecule has 0 unspecified atom stereocenters. The second kappa shape index (κ2) is 5.91. The lowest BCUT2D eigenvalue weighted by Crippen LogP contribution is -1.94. The van der Waals surface area contributed by atoms with Gasteiger partial charge in [0.15, 0.2) is 6.29 Å². The molecule has 0 aliphatic heterocycles. The fourth-order valence-electron chi connectivity index (χ4n) is 1.16. The van der Waals surface area contributed by atoms with Gasteiger partial charge >= 0.3 is 0 Å². The molecule has 0 bridgehead atoms. The lowest BCUT2D eigenvalue weighted by molar-refractivity contribution is 0.111. The Labute approximate surface area is 94.1 Å². The summed E-state index contributed by atoms with van der Waals surface area (Å²) < 4.78 is 13.2. The molecule has 0 spiro atoms. The standard InChI is InChI=1S/C12H15FOS/c1-9(2)6-7-15-12-5-3-4-11(13)10(12)8-14/h3-5,8-9H,6-7H2,1-2H3. The first-order valence-corrected chi connectivity index (χ1v) is 6.00. The van der Waals surface area contributed by atoms with E-state index in [0.717, 1.165) is 17.1 Å². The minimum Gasteiger partial charge on any atom is -0.298 e. The van der Waals surface area contributed by atoms with E-state index in [9.17, 15) is 9.18 Å². The first-order valence-electron chi connectivity index (χ1n) is 5.01. The largest absolute Gasteiger partial charge is 0.298 e. The monoisotopic (exact) mass is 226 g/mol. The van der Waals surface area contributed by atoms with Gasteiger partial charge < -0.3 is 0 Å². The van der Waals surface area contributed by atoms with Crippen molar-refractivity contribution in [2.75, 3.05) is 5.75 Å². The van der Waals surface area contributed by atoms with E-state index in [4.69, 9.17) is 0 Å². The molecule has 1 nitrogen and oxygen atoms in total. The molecule has 1 aromatic carbocycles. The molecule has 0 aliphatic carbocycles. The van der Waals surface area contributed by atoms with Gasteiger partial charge in [-0.1, -0.05) is 19.9 Å². The van der Waals surface area contributed by atoms with Crippen LogP contribution in [0.25, 0.3) is 0 Å². The van der Waals surface area contributed by atoms with Gasteiger partial charge in [0.1, 0.15) is 5.82 Å². The average molecular weight is 226 g/mol. The third-order valence-corrected chi connectivity index (χ3v) is 3.19. The summed E-state index contributed by atoms with van der Waals surface area (Å²) in [6.45, 7) is 4.29. The van der Waals surface area contributed by atoms with E-state index in [1.54, 1.807) is 23.9 Å². The molecule has 0 radical (unpaired) electrons. The average Bonchev–Trinajstić information content (AvgIpc) is 2.17. The third-order valence-electron chi connectivity index (χ3n) is 2.08. The van der Waals surface area contributed by atoms with E-state index in [2.05, 4.69) is 13.8 Å². The fraction of sp³-hybridized carbons (Fsp3) is 0.417. The van der Waals surface area contributed by atoms with Crippen LogP contribution in [0.3, 0.4) is 0 Å². The van der Waals surface area contributed by atoms with Crippen LogP contribution in [0.1, 0.15) is 30.6 Å². The summed E-state index contributed by atoms with van der Waals surface area (Å²) in [6, 6.07) is 4.74.